The Morgan fingerprint density at radius 1 is 1.00 bits per heavy atom. The van der Waals surface area contributed by atoms with E-state index in [1.165, 1.54) is 58.2 Å². The van der Waals surface area contributed by atoms with Crippen LogP contribution in [0.3, 0.4) is 0 Å². The van der Waals surface area contributed by atoms with Crippen molar-refractivity contribution >= 4 is 0 Å². The summed E-state index contributed by atoms with van der Waals surface area (Å²) in [5.41, 5.74) is 0. The highest BCUT2D eigenvalue weighted by atomic mass is 16.3. The predicted octanol–water partition coefficient (Wildman–Crippen LogP) is 2.73. The molecule has 118 valence electrons. The number of hydrogen-bond donors (Lipinski definition) is 1. The standard InChI is InChI=1S/C17H34N2O/c1-3-18(4-2)13-14-19-12-8-7-10-16(19)15-9-5-6-11-17(15)20/h15-17,20H,3-14H2,1-2H3. The molecule has 3 unspecified atom stereocenters. The first-order valence-electron chi connectivity index (χ1n) is 8.90. The van der Waals surface area contributed by atoms with Crippen LogP contribution in [0.4, 0.5) is 0 Å². The number of rotatable bonds is 6. The van der Waals surface area contributed by atoms with Crippen molar-refractivity contribution in [2.24, 2.45) is 5.92 Å². The molecular formula is C17H34N2O. The largest absolute Gasteiger partial charge is 0.393 e. The van der Waals surface area contributed by atoms with Crippen molar-refractivity contribution in [2.45, 2.75) is 70.9 Å². The number of likely N-dealkylation sites (N-methyl/N-ethyl adjacent to an activating group) is 1. The van der Waals surface area contributed by atoms with E-state index in [0.29, 0.717) is 12.0 Å². The lowest BCUT2D eigenvalue weighted by Crippen LogP contribution is -2.50. The Morgan fingerprint density at radius 2 is 1.70 bits per heavy atom. The topological polar surface area (TPSA) is 26.7 Å². The lowest BCUT2D eigenvalue weighted by molar-refractivity contribution is -0.00796. The minimum atomic E-state index is -0.0391. The molecule has 0 spiro atoms. The van der Waals surface area contributed by atoms with Crippen LogP contribution in [0.15, 0.2) is 0 Å². The molecule has 20 heavy (non-hydrogen) atoms. The van der Waals surface area contributed by atoms with Crippen molar-refractivity contribution in [3.05, 3.63) is 0 Å². The van der Waals surface area contributed by atoms with Crippen LogP contribution in [0.2, 0.25) is 0 Å². The maximum Gasteiger partial charge on any atom is 0.0583 e. The second-order valence-corrected chi connectivity index (χ2v) is 6.64. The van der Waals surface area contributed by atoms with Gasteiger partial charge < -0.3 is 10.0 Å². The molecule has 1 saturated heterocycles. The fraction of sp³-hybridized carbons (Fsp3) is 1.00. The minimum absolute atomic E-state index is 0.0391. The molecular weight excluding hydrogens is 248 g/mol. The highest BCUT2D eigenvalue weighted by Crippen LogP contribution is 2.33. The summed E-state index contributed by atoms with van der Waals surface area (Å²) in [7, 11) is 0. The first-order valence-corrected chi connectivity index (χ1v) is 8.90. The van der Waals surface area contributed by atoms with Crippen molar-refractivity contribution in [2.75, 3.05) is 32.7 Å². The van der Waals surface area contributed by atoms with E-state index in [-0.39, 0.29) is 6.10 Å². The van der Waals surface area contributed by atoms with Crippen LogP contribution in [0.1, 0.15) is 58.8 Å². The molecule has 2 rings (SSSR count). The quantitative estimate of drug-likeness (QED) is 0.811. The maximum absolute atomic E-state index is 10.4. The molecule has 0 aromatic heterocycles. The van der Waals surface area contributed by atoms with Gasteiger partial charge in [-0.3, -0.25) is 4.90 Å². The normalized spacial score (nSPS) is 32.7. The average molecular weight is 282 g/mol. The van der Waals surface area contributed by atoms with Crippen molar-refractivity contribution in [3.63, 3.8) is 0 Å². The van der Waals surface area contributed by atoms with E-state index in [1.807, 2.05) is 0 Å². The van der Waals surface area contributed by atoms with Gasteiger partial charge in [0.25, 0.3) is 0 Å². The van der Waals surface area contributed by atoms with Gasteiger partial charge in [-0.1, -0.05) is 33.1 Å². The van der Waals surface area contributed by atoms with Gasteiger partial charge in [0.05, 0.1) is 6.10 Å². The number of piperidine rings is 1. The number of aliphatic hydroxyl groups is 1. The van der Waals surface area contributed by atoms with Crippen molar-refractivity contribution in [1.82, 2.24) is 9.80 Å². The zero-order valence-corrected chi connectivity index (χ0v) is 13.6. The van der Waals surface area contributed by atoms with Crippen LogP contribution in [0.5, 0.6) is 0 Å². The summed E-state index contributed by atoms with van der Waals surface area (Å²) in [6.45, 7) is 10.4. The molecule has 3 atom stereocenters. The Hall–Kier alpha value is -0.120. The van der Waals surface area contributed by atoms with E-state index in [4.69, 9.17) is 0 Å². The summed E-state index contributed by atoms with van der Waals surface area (Å²) < 4.78 is 0. The molecule has 3 nitrogen and oxygen atoms in total. The molecule has 0 aromatic rings. The highest BCUT2D eigenvalue weighted by molar-refractivity contribution is 4.89. The van der Waals surface area contributed by atoms with E-state index in [9.17, 15) is 5.11 Å². The predicted molar refractivity (Wildman–Crippen MR) is 85.0 cm³/mol. The van der Waals surface area contributed by atoms with Crippen LogP contribution in [0, 0.1) is 5.92 Å². The Labute approximate surface area is 125 Å². The van der Waals surface area contributed by atoms with E-state index in [0.717, 1.165) is 19.5 Å². The minimum Gasteiger partial charge on any atom is -0.393 e. The van der Waals surface area contributed by atoms with Crippen LogP contribution < -0.4 is 0 Å². The zero-order chi connectivity index (χ0) is 14.4. The second-order valence-electron chi connectivity index (χ2n) is 6.64. The summed E-state index contributed by atoms with van der Waals surface area (Å²) in [5.74, 6) is 0.542. The van der Waals surface area contributed by atoms with Gasteiger partial charge in [0.2, 0.25) is 0 Å². The van der Waals surface area contributed by atoms with Crippen LogP contribution in [-0.4, -0.2) is 59.8 Å². The SMILES string of the molecule is CCN(CC)CCN1CCCCC1C1CCCCC1O. The highest BCUT2D eigenvalue weighted by Gasteiger charge is 2.35. The lowest BCUT2D eigenvalue weighted by Gasteiger charge is -2.44. The first kappa shape index (κ1) is 16.3. The van der Waals surface area contributed by atoms with Gasteiger partial charge >= 0.3 is 0 Å². The number of likely N-dealkylation sites (tertiary alicyclic amines) is 1. The molecule has 2 fully saturated rings. The fourth-order valence-corrected chi connectivity index (χ4v) is 4.18. The lowest BCUT2D eigenvalue weighted by atomic mass is 9.78. The van der Waals surface area contributed by atoms with Crippen LogP contribution in [-0.2, 0) is 0 Å². The summed E-state index contributed by atoms with van der Waals surface area (Å²) in [6.07, 6.45) is 8.79. The number of aliphatic hydroxyl groups excluding tert-OH is 1. The third-order valence-corrected chi connectivity index (χ3v) is 5.54. The van der Waals surface area contributed by atoms with Gasteiger partial charge in [-0.15, -0.1) is 0 Å². The average Bonchev–Trinajstić information content (AvgIpc) is 2.49. The summed E-state index contributed by atoms with van der Waals surface area (Å²) >= 11 is 0. The van der Waals surface area contributed by atoms with E-state index < -0.39 is 0 Å². The summed E-state index contributed by atoms with van der Waals surface area (Å²) in [5, 5.41) is 10.4. The monoisotopic (exact) mass is 282 g/mol. The van der Waals surface area contributed by atoms with Gasteiger partial charge in [0, 0.05) is 25.0 Å². The molecule has 1 aliphatic carbocycles. The third kappa shape index (κ3) is 4.19. The van der Waals surface area contributed by atoms with E-state index >= 15 is 0 Å². The fourth-order valence-electron chi connectivity index (χ4n) is 4.18. The maximum atomic E-state index is 10.4. The Bertz CT molecular complexity index is 268. The van der Waals surface area contributed by atoms with Gasteiger partial charge in [0.1, 0.15) is 0 Å². The van der Waals surface area contributed by atoms with Gasteiger partial charge in [0.15, 0.2) is 0 Å². The van der Waals surface area contributed by atoms with Gasteiger partial charge in [-0.05, 0) is 45.3 Å². The molecule has 0 bridgehead atoms. The second kappa shape index (κ2) is 8.35. The number of nitrogens with zero attached hydrogens (tertiary/aromatic N) is 2. The smallest absolute Gasteiger partial charge is 0.0583 e. The molecule has 0 amide bonds. The molecule has 2 aliphatic rings. The third-order valence-electron chi connectivity index (χ3n) is 5.54. The van der Waals surface area contributed by atoms with E-state index in [2.05, 4.69) is 23.6 Å². The molecule has 0 radical (unpaired) electrons. The molecule has 1 N–H and O–H groups in total. The molecule has 1 heterocycles. The molecule has 1 saturated carbocycles. The Balaban J connectivity index is 1.90. The first-order chi connectivity index (χ1) is 9.76. The van der Waals surface area contributed by atoms with Crippen LogP contribution >= 0.6 is 0 Å². The Morgan fingerprint density at radius 3 is 2.40 bits per heavy atom. The van der Waals surface area contributed by atoms with Crippen molar-refractivity contribution in [1.29, 1.82) is 0 Å². The zero-order valence-electron chi connectivity index (χ0n) is 13.6. The van der Waals surface area contributed by atoms with Gasteiger partial charge in [-0.25, -0.2) is 0 Å². The molecule has 1 aliphatic heterocycles. The van der Waals surface area contributed by atoms with E-state index in [1.54, 1.807) is 0 Å². The van der Waals surface area contributed by atoms with Gasteiger partial charge in [-0.2, -0.15) is 0 Å². The molecule has 0 aromatic carbocycles. The van der Waals surface area contributed by atoms with Crippen molar-refractivity contribution < 1.29 is 5.11 Å². The summed E-state index contributed by atoms with van der Waals surface area (Å²) in [6, 6.07) is 0.648. The van der Waals surface area contributed by atoms with Crippen molar-refractivity contribution in [3.8, 4) is 0 Å². The number of hydrogen-bond acceptors (Lipinski definition) is 3. The Kier molecular flexibility index (Phi) is 6.79. The summed E-state index contributed by atoms with van der Waals surface area (Å²) in [4.78, 5) is 5.21. The van der Waals surface area contributed by atoms with Crippen LogP contribution in [0.25, 0.3) is 0 Å². The molecule has 3 heteroatoms.